The SMILES string of the molecule is CCCC1(CCC)c2cc(N3CCOCC3)ccc2-c2c1c1c(c3ccc(C)cc23)OC(c2ccc(OC)cc2)(c2ccc(N3CCOCC3)cc2)C=C1. The van der Waals surface area contributed by atoms with Crippen molar-refractivity contribution in [2.24, 2.45) is 0 Å². The molecule has 0 bridgehead atoms. The number of methoxy groups -OCH3 is 1. The molecule has 0 saturated carbocycles. The first-order valence-electron chi connectivity index (χ1n) is 20.0. The maximum absolute atomic E-state index is 7.71. The van der Waals surface area contributed by atoms with E-state index in [-0.39, 0.29) is 5.41 Å². The molecule has 0 N–H and O–H groups in total. The number of morpholine rings is 2. The Morgan fingerprint density at radius 1 is 0.685 bits per heavy atom. The van der Waals surface area contributed by atoms with Crippen molar-refractivity contribution in [2.45, 2.75) is 57.5 Å². The van der Waals surface area contributed by atoms with E-state index < -0.39 is 5.60 Å². The minimum Gasteiger partial charge on any atom is -0.497 e. The van der Waals surface area contributed by atoms with Gasteiger partial charge in [0.1, 0.15) is 11.5 Å². The second-order valence-electron chi connectivity index (χ2n) is 15.5. The van der Waals surface area contributed by atoms with Crippen molar-refractivity contribution in [1.82, 2.24) is 0 Å². The second-order valence-corrected chi connectivity index (χ2v) is 15.5. The van der Waals surface area contributed by atoms with Gasteiger partial charge in [0.25, 0.3) is 0 Å². The van der Waals surface area contributed by atoms with Crippen molar-refractivity contribution in [3.8, 4) is 22.6 Å². The molecule has 4 aliphatic rings. The maximum Gasteiger partial charge on any atom is 0.178 e. The van der Waals surface area contributed by atoms with Crippen LogP contribution in [0.3, 0.4) is 0 Å². The van der Waals surface area contributed by atoms with Crippen LogP contribution in [0.15, 0.2) is 91.0 Å². The minimum absolute atomic E-state index is 0.133. The van der Waals surface area contributed by atoms with Gasteiger partial charge in [-0.25, -0.2) is 0 Å². The van der Waals surface area contributed by atoms with Gasteiger partial charge < -0.3 is 28.7 Å². The summed E-state index contributed by atoms with van der Waals surface area (Å²) in [6.07, 6.45) is 9.08. The van der Waals surface area contributed by atoms with E-state index in [2.05, 4.69) is 116 Å². The first kappa shape index (κ1) is 35.0. The van der Waals surface area contributed by atoms with E-state index in [0.29, 0.717) is 0 Å². The summed E-state index contributed by atoms with van der Waals surface area (Å²) in [6, 6.07) is 31.7. The van der Waals surface area contributed by atoms with Crippen LogP contribution in [0, 0.1) is 6.92 Å². The molecule has 0 aromatic heterocycles. The summed E-state index contributed by atoms with van der Waals surface area (Å²) in [6.45, 7) is 13.6. The number of aryl methyl sites for hydroxylation is 1. The minimum atomic E-state index is -0.845. The lowest BCUT2D eigenvalue weighted by Crippen LogP contribution is -2.37. The Kier molecular flexibility index (Phi) is 9.15. The lowest BCUT2D eigenvalue weighted by molar-refractivity contribution is 0.122. The van der Waals surface area contributed by atoms with Crippen LogP contribution in [0.1, 0.15) is 72.9 Å². The molecule has 0 amide bonds. The third-order valence-electron chi connectivity index (χ3n) is 12.4. The Bertz CT molecular complexity index is 2190. The van der Waals surface area contributed by atoms with Crippen LogP contribution in [0.4, 0.5) is 11.4 Å². The van der Waals surface area contributed by atoms with Crippen molar-refractivity contribution in [2.75, 3.05) is 69.5 Å². The van der Waals surface area contributed by atoms with Gasteiger partial charge in [-0.15, -0.1) is 0 Å². The van der Waals surface area contributed by atoms with Crippen LogP contribution in [0.5, 0.6) is 11.5 Å². The van der Waals surface area contributed by atoms with Crippen LogP contribution in [-0.4, -0.2) is 59.7 Å². The summed E-state index contributed by atoms with van der Waals surface area (Å²) < 4.78 is 24.7. The van der Waals surface area contributed by atoms with Crippen LogP contribution >= 0.6 is 0 Å². The quantitative estimate of drug-likeness (QED) is 0.151. The molecule has 1 atom stereocenters. The number of nitrogens with zero attached hydrogens (tertiary/aromatic N) is 2. The molecule has 6 heteroatoms. The van der Waals surface area contributed by atoms with Crippen molar-refractivity contribution in [3.05, 3.63) is 124 Å². The average Bonchev–Trinajstić information content (AvgIpc) is 3.50. The number of fused-ring (bicyclic) bond motifs is 8. The predicted octanol–water partition coefficient (Wildman–Crippen LogP) is 10.0. The summed E-state index contributed by atoms with van der Waals surface area (Å²) in [5.41, 5.74) is 11.9. The third kappa shape index (κ3) is 5.60. The molecule has 9 rings (SSSR count). The molecule has 5 aromatic rings. The summed E-state index contributed by atoms with van der Waals surface area (Å²) >= 11 is 0. The van der Waals surface area contributed by atoms with Crippen LogP contribution < -0.4 is 19.3 Å². The fourth-order valence-corrected chi connectivity index (χ4v) is 9.89. The summed E-state index contributed by atoms with van der Waals surface area (Å²) in [7, 11) is 1.72. The zero-order valence-electron chi connectivity index (χ0n) is 32.3. The largest absolute Gasteiger partial charge is 0.497 e. The molecule has 1 aliphatic carbocycles. The number of anilines is 2. The van der Waals surface area contributed by atoms with E-state index in [4.69, 9.17) is 18.9 Å². The number of benzene rings is 5. The lowest BCUT2D eigenvalue weighted by atomic mass is 9.69. The van der Waals surface area contributed by atoms with E-state index in [9.17, 15) is 0 Å². The molecule has 2 saturated heterocycles. The van der Waals surface area contributed by atoms with Gasteiger partial charge in [-0.3, -0.25) is 0 Å². The van der Waals surface area contributed by atoms with E-state index in [1.165, 1.54) is 50.1 Å². The zero-order chi connectivity index (χ0) is 36.9. The fraction of sp³-hybridized carbons (Fsp3) is 0.375. The monoisotopic (exact) mass is 720 g/mol. The van der Waals surface area contributed by atoms with E-state index in [1.54, 1.807) is 7.11 Å². The second kappa shape index (κ2) is 14.1. The van der Waals surface area contributed by atoms with Gasteiger partial charge in [0.15, 0.2) is 5.60 Å². The number of ether oxygens (including phenoxy) is 4. The molecule has 0 spiro atoms. The van der Waals surface area contributed by atoms with Gasteiger partial charge >= 0.3 is 0 Å². The number of rotatable bonds is 9. The highest BCUT2D eigenvalue weighted by atomic mass is 16.5. The molecule has 3 aliphatic heterocycles. The zero-order valence-corrected chi connectivity index (χ0v) is 32.3. The highest BCUT2D eigenvalue weighted by Crippen LogP contribution is 2.61. The van der Waals surface area contributed by atoms with Gasteiger partial charge in [-0.1, -0.05) is 86.9 Å². The van der Waals surface area contributed by atoms with Gasteiger partial charge in [-0.2, -0.15) is 0 Å². The number of hydrogen-bond acceptors (Lipinski definition) is 6. The summed E-state index contributed by atoms with van der Waals surface area (Å²) in [5.74, 6) is 1.80. The Hall–Kier alpha value is -4.78. The Morgan fingerprint density at radius 3 is 1.93 bits per heavy atom. The van der Waals surface area contributed by atoms with Crippen molar-refractivity contribution < 1.29 is 18.9 Å². The predicted molar refractivity (Wildman–Crippen MR) is 221 cm³/mol. The van der Waals surface area contributed by atoms with E-state index >= 15 is 0 Å². The highest BCUT2D eigenvalue weighted by Gasteiger charge is 2.48. The maximum atomic E-state index is 7.71. The topological polar surface area (TPSA) is 43.4 Å². The van der Waals surface area contributed by atoms with Gasteiger partial charge in [0, 0.05) is 65.0 Å². The van der Waals surface area contributed by atoms with Gasteiger partial charge in [-0.05, 0) is 89.9 Å². The first-order valence-corrected chi connectivity index (χ1v) is 20.0. The Morgan fingerprint density at radius 2 is 1.30 bits per heavy atom. The van der Waals surface area contributed by atoms with Gasteiger partial charge in [0.05, 0.1) is 33.5 Å². The smallest absolute Gasteiger partial charge is 0.178 e. The molecule has 0 radical (unpaired) electrons. The van der Waals surface area contributed by atoms with Crippen LogP contribution in [-0.2, 0) is 20.5 Å². The average molecular weight is 721 g/mol. The molecule has 3 heterocycles. The molecule has 1 unspecified atom stereocenters. The first-order chi connectivity index (χ1) is 26.5. The van der Waals surface area contributed by atoms with Crippen molar-refractivity contribution in [3.63, 3.8) is 0 Å². The third-order valence-corrected chi connectivity index (χ3v) is 12.4. The van der Waals surface area contributed by atoms with Crippen molar-refractivity contribution >= 4 is 28.2 Å². The summed E-state index contributed by atoms with van der Waals surface area (Å²) in [5, 5.41) is 2.44. The summed E-state index contributed by atoms with van der Waals surface area (Å²) in [4.78, 5) is 4.91. The molecule has 278 valence electrons. The lowest BCUT2D eigenvalue weighted by Gasteiger charge is -2.40. The number of hydrogen-bond donors (Lipinski definition) is 0. The molecule has 2 fully saturated rings. The molecule has 6 nitrogen and oxygen atoms in total. The molecule has 54 heavy (non-hydrogen) atoms. The fourth-order valence-electron chi connectivity index (χ4n) is 9.89. The molecule has 5 aromatic carbocycles. The standard InChI is InChI=1S/C48H52N2O4/c1-5-20-47(21-6-2)43-32-37(50-25-29-53-30-26-50)14-18-40(43)44-42-31-33(3)7-17-39(42)46-41(45(44)47)19-22-48(54-46,35-10-15-38(51-4)16-11-35)34-8-12-36(13-9-34)49-23-27-52-28-24-49/h7-19,22,31-32H,5-6,20-21,23-30H2,1-4H3. The Labute approximate surface area is 320 Å². The van der Waals surface area contributed by atoms with Crippen LogP contribution in [0.25, 0.3) is 28.0 Å². The van der Waals surface area contributed by atoms with Crippen LogP contribution in [0.2, 0.25) is 0 Å². The van der Waals surface area contributed by atoms with Crippen molar-refractivity contribution in [1.29, 1.82) is 0 Å². The van der Waals surface area contributed by atoms with E-state index in [1.807, 2.05) is 12.1 Å². The van der Waals surface area contributed by atoms with E-state index in [0.717, 1.165) is 106 Å². The highest BCUT2D eigenvalue weighted by molar-refractivity contribution is 6.09. The molecular weight excluding hydrogens is 669 g/mol. The molecular formula is C48H52N2O4. The Balaban J connectivity index is 1.27. The normalized spacial score (nSPS) is 20.0. The van der Waals surface area contributed by atoms with Gasteiger partial charge in [0.2, 0.25) is 0 Å².